The molecule has 8 heteroatoms. The van der Waals surface area contributed by atoms with Gasteiger partial charge in [0.15, 0.2) is 5.82 Å². The highest BCUT2D eigenvalue weighted by Gasteiger charge is 2.14. The van der Waals surface area contributed by atoms with Crippen molar-refractivity contribution in [1.29, 1.82) is 0 Å². The molecule has 0 saturated heterocycles. The standard InChI is InChI=1S/C17H13Cl2N3O2S/c1-10-20-16(24-22-10)9-25-15-5-3-2-4-12(15)17(23)21-14-7-6-11(18)8-13(14)19/h2-8H,9H2,1H3,(H,21,23). The van der Waals surface area contributed by atoms with Gasteiger partial charge in [0.25, 0.3) is 5.91 Å². The Hall–Kier alpha value is -2.02. The topological polar surface area (TPSA) is 68.0 Å². The maximum Gasteiger partial charge on any atom is 0.256 e. The zero-order chi connectivity index (χ0) is 17.8. The van der Waals surface area contributed by atoms with E-state index in [1.165, 1.54) is 11.8 Å². The molecular formula is C17H13Cl2N3O2S. The van der Waals surface area contributed by atoms with Crippen molar-refractivity contribution in [1.82, 2.24) is 10.1 Å². The molecule has 25 heavy (non-hydrogen) atoms. The number of benzene rings is 2. The monoisotopic (exact) mass is 393 g/mol. The van der Waals surface area contributed by atoms with Crippen LogP contribution in [0.1, 0.15) is 22.1 Å². The van der Waals surface area contributed by atoms with Crippen molar-refractivity contribution in [3.05, 3.63) is 69.8 Å². The average molecular weight is 394 g/mol. The van der Waals surface area contributed by atoms with Crippen molar-refractivity contribution in [3.8, 4) is 0 Å². The second-order valence-electron chi connectivity index (χ2n) is 5.10. The van der Waals surface area contributed by atoms with Gasteiger partial charge >= 0.3 is 0 Å². The number of nitrogens with one attached hydrogen (secondary N) is 1. The minimum Gasteiger partial charge on any atom is -0.338 e. The van der Waals surface area contributed by atoms with Crippen LogP contribution in [0, 0.1) is 6.92 Å². The first-order chi connectivity index (χ1) is 12.0. The van der Waals surface area contributed by atoms with E-state index in [0.717, 1.165) is 4.90 Å². The maximum absolute atomic E-state index is 12.6. The highest BCUT2D eigenvalue weighted by atomic mass is 35.5. The zero-order valence-corrected chi connectivity index (χ0v) is 15.5. The van der Waals surface area contributed by atoms with E-state index in [-0.39, 0.29) is 5.91 Å². The minimum absolute atomic E-state index is 0.256. The lowest BCUT2D eigenvalue weighted by Gasteiger charge is -2.10. The fraction of sp³-hybridized carbons (Fsp3) is 0.118. The average Bonchev–Trinajstić information content (AvgIpc) is 3.01. The van der Waals surface area contributed by atoms with Crippen molar-refractivity contribution in [3.63, 3.8) is 0 Å². The summed E-state index contributed by atoms with van der Waals surface area (Å²) in [5.74, 6) is 1.32. The summed E-state index contributed by atoms with van der Waals surface area (Å²) in [4.78, 5) is 17.6. The van der Waals surface area contributed by atoms with Gasteiger partial charge in [-0.2, -0.15) is 4.98 Å². The number of thioether (sulfide) groups is 1. The van der Waals surface area contributed by atoms with E-state index in [9.17, 15) is 4.79 Å². The van der Waals surface area contributed by atoms with Gasteiger partial charge in [-0.15, -0.1) is 11.8 Å². The summed E-state index contributed by atoms with van der Waals surface area (Å²) in [7, 11) is 0. The van der Waals surface area contributed by atoms with Gasteiger partial charge in [0.1, 0.15) is 0 Å². The van der Waals surface area contributed by atoms with Crippen molar-refractivity contribution in [2.75, 3.05) is 5.32 Å². The van der Waals surface area contributed by atoms with E-state index in [4.69, 9.17) is 27.7 Å². The number of carbonyl (C=O) groups is 1. The van der Waals surface area contributed by atoms with Gasteiger partial charge < -0.3 is 9.84 Å². The number of carbonyl (C=O) groups excluding carboxylic acids is 1. The van der Waals surface area contributed by atoms with Crippen molar-refractivity contribution < 1.29 is 9.32 Å². The highest BCUT2D eigenvalue weighted by molar-refractivity contribution is 7.98. The third kappa shape index (κ3) is 4.54. The summed E-state index contributed by atoms with van der Waals surface area (Å²) < 4.78 is 5.10. The molecule has 0 aliphatic carbocycles. The molecule has 0 aliphatic rings. The summed E-state index contributed by atoms with van der Waals surface area (Å²) in [6.07, 6.45) is 0. The van der Waals surface area contributed by atoms with Gasteiger partial charge in [-0.25, -0.2) is 0 Å². The van der Waals surface area contributed by atoms with E-state index in [1.807, 2.05) is 12.1 Å². The lowest BCUT2D eigenvalue weighted by Crippen LogP contribution is -2.13. The molecule has 1 amide bonds. The predicted octanol–water partition coefficient (Wildman–Crippen LogP) is 5.23. The molecule has 0 saturated carbocycles. The highest BCUT2D eigenvalue weighted by Crippen LogP contribution is 2.29. The van der Waals surface area contributed by atoms with E-state index in [0.29, 0.717) is 38.8 Å². The largest absolute Gasteiger partial charge is 0.338 e. The van der Waals surface area contributed by atoms with Gasteiger partial charge in [-0.1, -0.05) is 40.5 Å². The van der Waals surface area contributed by atoms with E-state index < -0.39 is 0 Å². The normalized spacial score (nSPS) is 10.7. The van der Waals surface area contributed by atoms with Crippen LogP contribution in [-0.4, -0.2) is 16.0 Å². The molecule has 128 valence electrons. The van der Waals surface area contributed by atoms with E-state index >= 15 is 0 Å². The Kier molecular flexibility index (Phi) is 5.63. The number of nitrogens with zero attached hydrogens (tertiary/aromatic N) is 2. The molecule has 1 aromatic heterocycles. The van der Waals surface area contributed by atoms with Crippen LogP contribution in [-0.2, 0) is 5.75 Å². The molecule has 0 unspecified atom stereocenters. The Balaban J connectivity index is 1.76. The molecule has 0 aliphatic heterocycles. The van der Waals surface area contributed by atoms with Gasteiger partial charge in [-0.3, -0.25) is 4.79 Å². The number of anilines is 1. The Morgan fingerprint density at radius 1 is 1.24 bits per heavy atom. The molecule has 3 rings (SSSR count). The first-order valence-electron chi connectivity index (χ1n) is 7.30. The molecule has 1 N–H and O–H groups in total. The third-order valence-corrected chi connectivity index (χ3v) is 4.84. The molecule has 0 spiro atoms. The fourth-order valence-corrected chi connectivity index (χ4v) is 3.44. The van der Waals surface area contributed by atoms with E-state index in [2.05, 4.69) is 15.5 Å². The van der Waals surface area contributed by atoms with Gasteiger partial charge in [0.2, 0.25) is 5.89 Å². The van der Waals surface area contributed by atoms with Crippen molar-refractivity contribution >= 4 is 46.6 Å². The number of halogens is 2. The number of rotatable bonds is 5. The van der Waals surface area contributed by atoms with Crippen molar-refractivity contribution in [2.24, 2.45) is 0 Å². The number of aromatic nitrogens is 2. The fourth-order valence-electron chi connectivity index (χ4n) is 2.10. The Morgan fingerprint density at radius 3 is 2.76 bits per heavy atom. The molecule has 2 aromatic carbocycles. The van der Waals surface area contributed by atoms with Crippen LogP contribution >= 0.6 is 35.0 Å². The number of aryl methyl sites for hydroxylation is 1. The molecule has 5 nitrogen and oxygen atoms in total. The minimum atomic E-state index is -0.256. The van der Waals surface area contributed by atoms with Crippen molar-refractivity contribution in [2.45, 2.75) is 17.6 Å². The molecule has 0 radical (unpaired) electrons. The molecule has 1 heterocycles. The Morgan fingerprint density at radius 2 is 2.04 bits per heavy atom. The smallest absolute Gasteiger partial charge is 0.256 e. The molecule has 3 aromatic rings. The number of amides is 1. The first-order valence-corrected chi connectivity index (χ1v) is 9.04. The second kappa shape index (κ2) is 7.91. The van der Waals surface area contributed by atoms with Crippen LogP contribution in [0.15, 0.2) is 51.9 Å². The molecule has 0 atom stereocenters. The number of hydrogen-bond donors (Lipinski definition) is 1. The SMILES string of the molecule is Cc1noc(CSc2ccccc2C(=O)Nc2ccc(Cl)cc2Cl)n1. The molecule has 0 fully saturated rings. The quantitative estimate of drug-likeness (QED) is 0.601. The van der Waals surface area contributed by atoms with Gasteiger partial charge in [0, 0.05) is 9.92 Å². The van der Waals surface area contributed by atoms with Crippen LogP contribution in [0.5, 0.6) is 0 Å². The van der Waals surface area contributed by atoms with Crippen LogP contribution in [0.3, 0.4) is 0 Å². The summed E-state index contributed by atoms with van der Waals surface area (Å²) in [5, 5.41) is 7.45. The summed E-state index contributed by atoms with van der Waals surface area (Å²) >= 11 is 13.4. The third-order valence-electron chi connectivity index (χ3n) is 3.23. The molecule has 0 bridgehead atoms. The van der Waals surface area contributed by atoms with E-state index in [1.54, 1.807) is 37.3 Å². The van der Waals surface area contributed by atoms with Gasteiger partial charge in [-0.05, 0) is 37.3 Å². The summed E-state index contributed by atoms with van der Waals surface area (Å²) in [5.41, 5.74) is 1.04. The number of hydrogen-bond acceptors (Lipinski definition) is 5. The molecular weight excluding hydrogens is 381 g/mol. The predicted molar refractivity (Wildman–Crippen MR) is 99.5 cm³/mol. The first kappa shape index (κ1) is 17.8. The Bertz CT molecular complexity index is 914. The Labute approximate surface area is 158 Å². The van der Waals surface area contributed by atoms with Crippen LogP contribution in [0.25, 0.3) is 0 Å². The summed E-state index contributed by atoms with van der Waals surface area (Å²) in [6, 6.07) is 12.2. The summed E-state index contributed by atoms with van der Waals surface area (Å²) in [6.45, 7) is 1.76. The zero-order valence-electron chi connectivity index (χ0n) is 13.1. The lowest BCUT2D eigenvalue weighted by atomic mass is 10.2. The van der Waals surface area contributed by atoms with Crippen LogP contribution in [0.4, 0.5) is 5.69 Å². The second-order valence-corrected chi connectivity index (χ2v) is 6.96. The lowest BCUT2D eigenvalue weighted by molar-refractivity contribution is 0.102. The maximum atomic E-state index is 12.6. The van der Waals surface area contributed by atoms with Crippen LogP contribution < -0.4 is 5.32 Å². The van der Waals surface area contributed by atoms with Crippen LogP contribution in [0.2, 0.25) is 10.0 Å². The van der Waals surface area contributed by atoms with Gasteiger partial charge in [0.05, 0.1) is 22.0 Å².